The maximum atomic E-state index is 11.5. The lowest BCUT2D eigenvalue weighted by molar-refractivity contribution is -0.147. The average Bonchev–Trinajstić information content (AvgIpc) is 2.21. The Balaban J connectivity index is 4.29. The van der Waals surface area contributed by atoms with Crippen molar-refractivity contribution >= 4 is 11.8 Å². The minimum Gasteiger partial charge on any atom is -0.395 e. The lowest BCUT2D eigenvalue weighted by Gasteiger charge is -2.24. The van der Waals surface area contributed by atoms with Crippen LogP contribution >= 0.6 is 0 Å². The van der Waals surface area contributed by atoms with Gasteiger partial charge in [-0.1, -0.05) is 0 Å². The molecule has 0 saturated heterocycles. The predicted octanol–water partition coefficient (Wildman–Crippen LogP) is -1.71. The minimum absolute atomic E-state index is 0.117. The highest BCUT2D eigenvalue weighted by atomic mass is 16.3. The van der Waals surface area contributed by atoms with Crippen LogP contribution in [0.25, 0.3) is 0 Å². The fraction of sp³-hybridized carbons (Fsp3) is 0.778. The van der Waals surface area contributed by atoms with E-state index in [-0.39, 0.29) is 25.7 Å². The number of hydrogen-bond donors (Lipinski definition) is 3. The summed E-state index contributed by atoms with van der Waals surface area (Å²) in [6.45, 7) is 4.13. The Morgan fingerprint density at radius 3 is 2.47 bits per heavy atom. The Labute approximate surface area is 89.4 Å². The maximum absolute atomic E-state index is 11.5. The van der Waals surface area contributed by atoms with Crippen LogP contribution in [-0.2, 0) is 9.59 Å². The third-order valence-electron chi connectivity index (χ3n) is 1.85. The van der Waals surface area contributed by atoms with Gasteiger partial charge in [0.15, 0.2) is 0 Å². The first kappa shape index (κ1) is 13.9. The summed E-state index contributed by atoms with van der Waals surface area (Å²) in [5, 5.41) is 11.1. The van der Waals surface area contributed by atoms with Crippen LogP contribution in [-0.4, -0.2) is 54.1 Å². The van der Waals surface area contributed by atoms with Gasteiger partial charge in [0, 0.05) is 25.7 Å². The Kier molecular flexibility index (Phi) is 6.64. The number of nitrogens with zero attached hydrogens (tertiary/aromatic N) is 1. The van der Waals surface area contributed by atoms with Gasteiger partial charge in [0.1, 0.15) is 0 Å². The second-order valence-corrected chi connectivity index (χ2v) is 3.36. The number of hydrogen-bond acceptors (Lipinski definition) is 4. The number of amides is 2. The van der Waals surface area contributed by atoms with E-state index in [1.54, 1.807) is 13.8 Å². The third-order valence-corrected chi connectivity index (χ3v) is 1.85. The van der Waals surface area contributed by atoms with Crippen molar-refractivity contribution in [1.82, 2.24) is 10.2 Å². The number of carbonyl (C=O) groups is 2. The van der Waals surface area contributed by atoms with Crippen molar-refractivity contribution < 1.29 is 14.7 Å². The van der Waals surface area contributed by atoms with Crippen LogP contribution < -0.4 is 11.1 Å². The highest BCUT2D eigenvalue weighted by Crippen LogP contribution is 1.98. The maximum Gasteiger partial charge on any atom is 0.312 e. The summed E-state index contributed by atoms with van der Waals surface area (Å²) in [5.74, 6) is -1.31. The zero-order valence-electron chi connectivity index (χ0n) is 9.19. The van der Waals surface area contributed by atoms with Gasteiger partial charge in [-0.2, -0.15) is 0 Å². The van der Waals surface area contributed by atoms with Crippen LogP contribution in [0, 0.1) is 0 Å². The Bertz CT molecular complexity index is 219. The molecule has 15 heavy (non-hydrogen) atoms. The first-order chi connectivity index (χ1) is 7.04. The van der Waals surface area contributed by atoms with Crippen molar-refractivity contribution in [2.24, 2.45) is 5.73 Å². The number of nitrogens with two attached hydrogens (primary N) is 1. The molecule has 0 aromatic carbocycles. The van der Waals surface area contributed by atoms with E-state index in [2.05, 4.69) is 5.32 Å². The molecule has 0 rings (SSSR count). The van der Waals surface area contributed by atoms with Gasteiger partial charge in [-0.3, -0.25) is 9.59 Å². The van der Waals surface area contributed by atoms with Gasteiger partial charge in [0.2, 0.25) is 0 Å². The lowest BCUT2D eigenvalue weighted by Crippen LogP contribution is -2.48. The van der Waals surface area contributed by atoms with E-state index in [0.29, 0.717) is 6.54 Å². The van der Waals surface area contributed by atoms with Gasteiger partial charge in [-0.15, -0.1) is 0 Å². The molecule has 0 bridgehead atoms. The molecule has 4 N–H and O–H groups in total. The van der Waals surface area contributed by atoms with E-state index in [9.17, 15) is 9.59 Å². The van der Waals surface area contributed by atoms with Gasteiger partial charge in [0.25, 0.3) is 0 Å². The Morgan fingerprint density at radius 2 is 2.07 bits per heavy atom. The first-order valence-electron chi connectivity index (χ1n) is 4.94. The van der Waals surface area contributed by atoms with Gasteiger partial charge in [-0.25, -0.2) is 0 Å². The summed E-state index contributed by atoms with van der Waals surface area (Å²) >= 11 is 0. The van der Waals surface area contributed by atoms with Crippen LogP contribution in [0.2, 0.25) is 0 Å². The molecule has 0 saturated carbocycles. The van der Waals surface area contributed by atoms with E-state index in [0.717, 1.165) is 0 Å². The molecule has 0 radical (unpaired) electrons. The molecule has 0 aliphatic rings. The number of aliphatic hydroxyl groups is 1. The highest BCUT2D eigenvalue weighted by Gasteiger charge is 2.22. The van der Waals surface area contributed by atoms with Crippen molar-refractivity contribution in [3.63, 3.8) is 0 Å². The first-order valence-corrected chi connectivity index (χ1v) is 4.94. The van der Waals surface area contributed by atoms with Crippen molar-refractivity contribution in [3.05, 3.63) is 0 Å². The zero-order chi connectivity index (χ0) is 11.8. The van der Waals surface area contributed by atoms with Crippen molar-refractivity contribution in [3.8, 4) is 0 Å². The summed E-state index contributed by atoms with van der Waals surface area (Å²) in [7, 11) is 0. The molecule has 6 nitrogen and oxygen atoms in total. The summed E-state index contributed by atoms with van der Waals surface area (Å²) < 4.78 is 0. The Hall–Kier alpha value is -1.14. The van der Waals surface area contributed by atoms with Crippen LogP contribution in [0.1, 0.15) is 13.8 Å². The van der Waals surface area contributed by atoms with Crippen LogP contribution in [0.5, 0.6) is 0 Å². The van der Waals surface area contributed by atoms with Crippen molar-refractivity contribution in [2.45, 2.75) is 19.9 Å². The van der Waals surface area contributed by atoms with E-state index >= 15 is 0 Å². The molecule has 0 aliphatic heterocycles. The molecular weight excluding hydrogens is 198 g/mol. The number of aliphatic hydroxyl groups excluding tert-OH is 1. The number of rotatable bonds is 5. The molecule has 2 amide bonds. The molecule has 88 valence electrons. The van der Waals surface area contributed by atoms with Crippen LogP contribution in [0.3, 0.4) is 0 Å². The molecular formula is C9H19N3O3. The number of carbonyl (C=O) groups excluding carboxylic acids is 2. The molecule has 0 aromatic rings. The number of nitrogens with one attached hydrogen (secondary N) is 1. The molecule has 0 aromatic heterocycles. The molecule has 0 aliphatic carbocycles. The van der Waals surface area contributed by atoms with Gasteiger partial charge >= 0.3 is 11.8 Å². The monoisotopic (exact) mass is 217 g/mol. The Morgan fingerprint density at radius 1 is 1.47 bits per heavy atom. The second kappa shape index (κ2) is 7.19. The third kappa shape index (κ3) is 4.75. The van der Waals surface area contributed by atoms with Crippen LogP contribution in [0.15, 0.2) is 0 Å². The summed E-state index contributed by atoms with van der Waals surface area (Å²) in [6.07, 6.45) is 0. The van der Waals surface area contributed by atoms with E-state index in [1.165, 1.54) is 4.90 Å². The SMILES string of the molecule is CC(C)N(CCO)C(=O)C(=O)NCCN. The second-order valence-electron chi connectivity index (χ2n) is 3.36. The van der Waals surface area contributed by atoms with E-state index in [1.807, 2.05) is 0 Å². The summed E-state index contributed by atoms with van der Waals surface area (Å²) in [4.78, 5) is 24.1. The normalized spacial score (nSPS) is 10.2. The van der Waals surface area contributed by atoms with Gasteiger partial charge in [0.05, 0.1) is 6.61 Å². The standard InChI is InChI=1S/C9H19N3O3/c1-7(2)12(5-6-13)9(15)8(14)11-4-3-10/h7,13H,3-6,10H2,1-2H3,(H,11,14). The lowest BCUT2D eigenvalue weighted by atomic mass is 10.3. The van der Waals surface area contributed by atoms with Gasteiger partial charge < -0.3 is 21.1 Å². The average molecular weight is 217 g/mol. The molecule has 0 heterocycles. The van der Waals surface area contributed by atoms with Crippen LogP contribution in [0.4, 0.5) is 0 Å². The zero-order valence-corrected chi connectivity index (χ0v) is 9.19. The van der Waals surface area contributed by atoms with Crippen molar-refractivity contribution in [1.29, 1.82) is 0 Å². The minimum atomic E-state index is -0.678. The molecule has 0 unspecified atom stereocenters. The largest absolute Gasteiger partial charge is 0.395 e. The summed E-state index contributed by atoms with van der Waals surface area (Å²) in [6, 6.07) is -0.117. The molecule has 0 spiro atoms. The quantitative estimate of drug-likeness (QED) is 0.478. The predicted molar refractivity (Wildman–Crippen MR) is 56.0 cm³/mol. The topological polar surface area (TPSA) is 95.7 Å². The fourth-order valence-corrected chi connectivity index (χ4v) is 1.09. The fourth-order valence-electron chi connectivity index (χ4n) is 1.09. The molecule has 6 heteroatoms. The van der Waals surface area contributed by atoms with Gasteiger partial charge in [-0.05, 0) is 13.8 Å². The molecule has 0 atom stereocenters. The summed E-state index contributed by atoms with van der Waals surface area (Å²) in [5.41, 5.74) is 5.19. The van der Waals surface area contributed by atoms with Crippen molar-refractivity contribution in [2.75, 3.05) is 26.2 Å². The molecule has 0 fully saturated rings. The van der Waals surface area contributed by atoms with E-state index < -0.39 is 11.8 Å². The van der Waals surface area contributed by atoms with E-state index in [4.69, 9.17) is 10.8 Å². The smallest absolute Gasteiger partial charge is 0.312 e. The highest BCUT2D eigenvalue weighted by molar-refractivity contribution is 6.35.